The maximum absolute atomic E-state index is 5.58. The molecule has 84 valence electrons. The van der Waals surface area contributed by atoms with Gasteiger partial charge in [-0.3, -0.25) is 4.90 Å². The highest BCUT2D eigenvalue weighted by atomic mass is 15.1. The summed E-state index contributed by atoms with van der Waals surface area (Å²) in [5.74, 6) is 0. The molecule has 0 amide bonds. The summed E-state index contributed by atoms with van der Waals surface area (Å²) in [6, 6.07) is 2.19. The number of aromatic amines is 1. The second-order valence-electron chi connectivity index (χ2n) is 4.43. The topological polar surface area (TPSA) is 45.0 Å². The average Bonchev–Trinajstić information content (AvgIpc) is 2.54. The fourth-order valence-corrected chi connectivity index (χ4v) is 2.25. The van der Waals surface area contributed by atoms with E-state index in [1.807, 2.05) is 0 Å². The zero-order chi connectivity index (χ0) is 10.5. The van der Waals surface area contributed by atoms with Crippen molar-refractivity contribution < 1.29 is 0 Å². The van der Waals surface area contributed by atoms with Gasteiger partial charge >= 0.3 is 0 Å². The Bertz CT molecular complexity index is 285. The molecule has 3 heteroatoms. The van der Waals surface area contributed by atoms with Gasteiger partial charge in [-0.15, -0.1) is 0 Å². The van der Waals surface area contributed by atoms with Crippen LogP contribution in [0.2, 0.25) is 0 Å². The first-order valence-electron chi connectivity index (χ1n) is 5.97. The molecule has 1 aromatic heterocycles. The minimum atomic E-state index is 0.611. The first-order valence-corrected chi connectivity index (χ1v) is 5.97. The Morgan fingerprint density at radius 1 is 1.20 bits per heavy atom. The van der Waals surface area contributed by atoms with Gasteiger partial charge in [0.25, 0.3) is 0 Å². The monoisotopic (exact) mass is 207 g/mol. The smallest absolute Gasteiger partial charge is 0.0332 e. The number of hydrogen-bond donors (Lipinski definition) is 2. The Morgan fingerprint density at radius 2 is 1.93 bits per heavy atom. The van der Waals surface area contributed by atoms with Crippen LogP contribution in [-0.4, -0.2) is 23.0 Å². The molecule has 15 heavy (non-hydrogen) atoms. The third-order valence-electron chi connectivity index (χ3n) is 3.13. The molecule has 1 fully saturated rings. The van der Waals surface area contributed by atoms with Gasteiger partial charge in [-0.1, -0.05) is 12.8 Å². The number of nitrogens with two attached hydrogens (primary N) is 1. The second kappa shape index (κ2) is 5.33. The van der Waals surface area contributed by atoms with E-state index in [1.165, 1.54) is 44.3 Å². The Morgan fingerprint density at radius 3 is 2.53 bits per heavy atom. The van der Waals surface area contributed by atoms with Gasteiger partial charge < -0.3 is 10.7 Å². The first-order chi connectivity index (χ1) is 7.38. The number of nitrogens with one attached hydrogen (secondary N) is 1. The average molecular weight is 207 g/mol. The molecule has 0 spiro atoms. The Kier molecular flexibility index (Phi) is 3.80. The SMILES string of the molecule is NCc1cc(CN2CCCCCC2)c[nH]1. The Labute approximate surface area is 91.7 Å². The third kappa shape index (κ3) is 3.08. The van der Waals surface area contributed by atoms with Crippen LogP contribution in [0.15, 0.2) is 12.3 Å². The van der Waals surface area contributed by atoms with Gasteiger partial charge in [0.1, 0.15) is 0 Å². The maximum Gasteiger partial charge on any atom is 0.0332 e. The van der Waals surface area contributed by atoms with Crippen molar-refractivity contribution in [2.75, 3.05) is 13.1 Å². The summed E-state index contributed by atoms with van der Waals surface area (Å²) >= 11 is 0. The van der Waals surface area contributed by atoms with Gasteiger partial charge in [0.2, 0.25) is 0 Å². The summed E-state index contributed by atoms with van der Waals surface area (Å²) in [5, 5.41) is 0. The lowest BCUT2D eigenvalue weighted by Gasteiger charge is -2.18. The van der Waals surface area contributed by atoms with E-state index in [-0.39, 0.29) is 0 Å². The fraction of sp³-hybridized carbons (Fsp3) is 0.667. The summed E-state index contributed by atoms with van der Waals surface area (Å²) < 4.78 is 0. The van der Waals surface area contributed by atoms with Crippen molar-refractivity contribution in [3.63, 3.8) is 0 Å². The molecular formula is C12H21N3. The molecule has 0 aromatic carbocycles. The quantitative estimate of drug-likeness (QED) is 0.794. The van der Waals surface area contributed by atoms with Crippen molar-refractivity contribution in [1.82, 2.24) is 9.88 Å². The molecule has 2 heterocycles. The van der Waals surface area contributed by atoms with Crippen LogP contribution in [-0.2, 0) is 13.1 Å². The Balaban J connectivity index is 1.89. The minimum Gasteiger partial charge on any atom is -0.364 e. The van der Waals surface area contributed by atoms with E-state index in [9.17, 15) is 0 Å². The third-order valence-corrected chi connectivity index (χ3v) is 3.13. The van der Waals surface area contributed by atoms with Gasteiger partial charge in [-0.05, 0) is 37.6 Å². The van der Waals surface area contributed by atoms with Crippen LogP contribution in [0.1, 0.15) is 36.9 Å². The second-order valence-corrected chi connectivity index (χ2v) is 4.43. The van der Waals surface area contributed by atoms with E-state index < -0.39 is 0 Å². The van der Waals surface area contributed by atoms with Crippen molar-refractivity contribution in [3.8, 4) is 0 Å². The molecule has 0 unspecified atom stereocenters. The van der Waals surface area contributed by atoms with Gasteiger partial charge in [0.15, 0.2) is 0 Å². The van der Waals surface area contributed by atoms with Gasteiger partial charge in [0, 0.05) is 25.0 Å². The van der Waals surface area contributed by atoms with E-state index in [1.54, 1.807) is 0 Å². The van der Waals surface area contributed by atoms with E-state index in [4.69, 9.17) is 5.73 Å². The van der Waals surface area contributed by atoms with Gasteiger partial charge in [-0.2, -0.15) is 0 Å². The summed E-state index contributed by atoms with van der Waals surface area (Å²) in [6.07, 6.45) is 7.60. The molecule has 0 aliphatic carbocycles. The lowest BCUT2D eigenvalue weighted by molar-refractivity contribution is 0.277. The molecule has 0 saturated carbocycles. The standard InChI is InChI=1S/C12H21N3/c13-8-12-7-11(9-14-12)10-15-5-3-1-2-4-6-15/h7,9,14H,1-6,8,10,13H2. The van der Waals surface area contributed by atoms with Crippen molar-refractivity contribution in [2.24, 2.45) is 5.73 Å². The Hall–Kier alpha value is -0.800. The molecule has 3 nitrogen and oxygen atoms in total. The number of H-pyrrole nitrogens is 1. The zero-order valence-electron chi connectivity index (χ0n) is 9.34. The number of nitrogens with zero attached hydrogens (tertiary/aromatic N) is 1. The largest absolute Gasteiger partial charge is 0.364 e. The van der Waals surface area contributed by atoms with Crippen LogP contribution in [0.25, 0.3) is 0 Å². The predicted octanol–water partition coefficient (Wildman–Crippen LogP) is 1.85. The highest BCUT2D eigenvalue weighted by molar-refractivity contribution is 5.16. The molecule has 0 bridgehead atoms. The molecule has 0 radical (unpaired) electrons. The van der Waals surface area contributed by atoms with Crippen LogP contribution in [0, 0.1) is 0 Å². The van der Waals surface area contributed by atoms with Crippen LogP contribution in [0.3, 0.4) is 0 Å². The number of likely N-dealkylation sites (tertiary alicyclic amines) is 1. The van der Waals surface area contributed by atoms with Crippen LogP contribution in [0.5, 0.6) is 0 Å². The number of rotatable bonds is 3. The normalized spacial score (nSPS) is 19.0. The first kappa shape index (κ1) is 10.7. The summed E-state index contributed by atoms with van der Waals surface area (Å²) in [7, 11) is 0. The van der Waals surface area contributed by atoms with Crippen molar-refractivity contribution >= 4 is 0 Å². The molecule has 1 saturated heterocycles. The van der Waals surface area contributed by atoms with E-state index in [0.29, 0.717) is 6.54 Å². The fourth-order valence-electron chi connectivity index (χ4n) is 2.25. The number of aromatic nitrogens is 1. The molecule has 1 aliphatic heterocycles. The van der Waals surface area contributed by atoms with Gasteiger partial charge in [0.05, 0.1) is 0 Å². The maximum atomic E-state index is 5.58. The lowest BCUT2D eigenvalue weighted by atomic mass is 10.2. The highest BCUT2D eigenvalue weighted by Crippen LogP contribution is 2.13. The lowest BCUT2D eigenvalue weighted by Crippen LogP contribution is -2.23. The van der Waals surface area contributed by atoms with Crippen molar-refractivity contribution in [3.05, 3.63) is 23.5 Å². The van der Waals surface area contributed by atoms with Crippen LogP contribution < -0.4 is 5.73 Å². The molecule has 3 N–H and O–H groups in total. The highest BCUT2D eigenvalue weighted by Gasteiger charge is 2.09. The van der Waals surface area contributed by atoms with Gasteiger partial charge in [-0.25, -0.2) is 0 Å². The summed E-state index contributed by atoms with van der Waals surface area (Å²) in [6.45, 7) is 4.20. The van der Waals surface area contributed by atoms with Crippen molar-refractivity contribution in [2.45, 2.75) is 38.8 Å². The summed E-state index contributed by atoms with van der Waals surface area (Å²) in [5.41, 5.74) is 8.09. The predicted molar refractivity (Wildman–Crippen MR) is 62.4 cm³/mol. The zero-order valence-corrected chi connectivity index (χ0v) is 9.34. The van der Waals surface area contributed by atoms with E-state index >= 15 is 0 Å². The van der Waals surface area contributed by atoms with E-state index in [2.05, 4.69) is 22.1 Å². The summed E-state index contributed by atoms with van der Waals surface area (Å²) in [4.78, 5) is 5.76. The molecule has 0 atom stereocenters. The molecule has 1 aliphatic rings. The van der Waals surface area contributed by atoms with Crippen LogP contribution >= 0.6 is 0 Å². The minimum absolute atomic E-state index is 0.611. The molecule has 2 rings (SSSR count). The number of hydrogen-bond acceptors (Lipinski definition) is 2. The van der Waals surface area contributed by atoms with Crippen molar-refractivity contribution in [1.29, 1.82) is 0 Å². The van der Waals surface area contributed by atoms with E-state index in [0.717, 1.165) is 12.2 Å². The van der Waals surface area contributed by atoms with Crippen LogP contribution in [0.4, 0.5) is 0 Å². The molecular weight excluding hydrogens is 186 g/mol. The molecule has 1 aromatic rings.